The number of carbonyl (C=O) groups is 2. The number of amides is 1. The SMILES string of the molecule is O=C1C(=O)N(C[B-](F)(F)F)c2cc(F)cc(F)c21.[K+]. The molecule has 0 saturated heterocycles. The van der Waals surface area contributed by atoms with Gasteiger partial charge in [-0.25, -0.2) is 8.78 Å². The van der Waals surface area contributed by atoms with Crippen LogP contribution in [0.3, 0.4) is 0 Å². The van der Waals surface area contributed by atoms with Gasteiger partial charge in [0.1, 0.15) is 11.6 Å². The molecule has 0 bridgehead atoms. The summed E-state index contributed by atoms with van der Waals surface area (Å²) in [6, 6.07) is 0.870. The van der Waals surface area contributed by atoms with Crippen molar-refractivity contribution < 1.29 is 82.7 Å². The van der Waals surface area contributed by atoms with Crippen LogP contribution in [-0.2, 0) is 4.79 Å². The molecule has 0 aromatic heterocycles. The Morgan fingerprint density at radius 1 is 1.11 bits per heavy atom. The van der Waals surface area contributed by atoms with Gasteiger partial charge in [-0.3, -0.25) is 9.59 Å². The van der Waals surface area contributed by atoms with Gasteiger partial charge in [0.25, 0.3) is 11.7 Å². The molecule has 0 saturated carbocycles. The molecule has 0 N–H and O–H groups in total. The van der Waals surface area contributed by atoms with Crippen LogP contribution in [0.15, 0.2) is 12.1 Å². The maximum absolute atomic E-state index is 13.3. The van der Waals surface area contributed by atoms with E-state index in [1.54, 1.807) is 0 Å². The predicted octanol–water partition coefficient (Wildman–Crippen LogP) is -1.12. The second-order valence-electron chi connectivity index (χ2n) is 3.74. The Labute approximate surface area is 146 Å². The maximum atomic E-state index is 13.3. The summed E-state index contributed by atoms with van der Waals surface area (Å²) in [5, 5.41) is 0. The van der Waals surface area contributed by atoms with Gasteiger partial charge in [-0.1, -0.05) is 0 Å². The van der Waals surface area contributed by atoms with E-state index in [0.29, 0.717) is 12.1 Å². The smallest absolute Gasteiger partial charge is 0.448 e. The minimum absolute atomic E-state index is 0. The summed E-state index contributed by atoms with van der Waals surface area (Å²) in [5.74, 6) is -5.41. The van der Waals surface area contributed by atoms with E-state index < -0.39 is 48.0 Å². The van der Waals surface area contributed by atoms with Gasteiger partial charge in [0.05, 0.1) is 11.3 Å². The molecular weight excluding hydrogens is 299 g/mol. The van der Waals surface area contributed by atoms with Crippen LogP contribution in [0, 0.1) is 11.6 Å². The fraction of sp³-hybridized carbons (Fsp3) is 0.111. The molecule has 0 radical (unpaired) electrons. The van der Waals surface area contributed by atoms with Gasteiger partial charge in [-0.15, -0.1) is 0 Å². The molecule has 0 spiro atoms. The Kier molecular flexibility index (Phi) is 4.94. The normalized spacial score (nSPS) is 14.5. The molecule has 1 amide bonds. The standard InChI is InChI=1S/C9H4BF5NO2.K/c11-4-1-5(12)7-6(2-4)16(3-10(13,14)15)9(18)8(7)17;/h1-2H,3H2;/q-1;+1. The van der Waals surface area contributed by atoms with Gasteiger partial charge in [0.2, 0.25) is 0 Å². The molecule has 2 rings (SSSR count). The monoisotopic (exact) mass is 303 g/mol. The Hall–Kier alpha value is -0.289. The van der Waals surface area contributed by atoms with Crippen LogP contribution >= 0.6 is 0 Å². The van der Waals surface area contributed by atoms with E-state index in [1.165, 1.54) is 0 Å². The summed E-state index contributed by atoms with van der Waals surface area (Å²) in [5.41, 5.74) is -1.50. The Bertz CT molecular complexity index is 562. The van der Waals surface area contributed by atoms with E-state index >= 15 is 0 Å². The number of hydrogen-bond acceptors (Lipinski definition) is 2. The summed E-state index contributed by atoms with van der Waals surface area (Å²) in [6.45, 7) is -5.41. The first-order valence-corrected chi connectivity index (χ1v) is 4.77. The average molecular weight is 303 g/mol. The fourth-order valence-corrected chi connectivity index (χ4v) is 1.72. The van der Waals surface area contributed by atoms with Crippen LogP contribution in [0.25, 0.3) is 0 Å². The van der Waals surface area contributed by atoms with Gasteiger partial charge in [-0.2, -0.15) is 0 Å². The van der Waals surface area contributed by atoms with E-state index in [4.69, 9.17) is 0 Å². The van der Waals surface area contributed by atoms with Crippen LogP contribution in [0.4, 0.5) is 27.4 Å². The fourth-order valence-electron chi connectivity index (χ4n) is 1.72. The number of halogens is 5. The Morgan fingerprint density at radius 2 is 1.68 bits per heavy atom. The van der Waals surface area contributed by atoms with Crippen molar-refractivity contribution in [3.05, 3.63) is 29.3 Å². The number of ketones is 1. The molecule has 1 aliphatic heterocycles. The number of Topliss-reactive ketones (excluding diaryl/α,β-unsaturated/α-hetero) is 1. The van der Waals surface area contributed by atoms with Crippen LogP contribution in [0.5, 0.6) is 0 Å². The molecule has 10 heteroatoms. The number of nitrogens with zero attached hydrogens (tertiary/aromatic N) is 1. The van der Waals surface area contributed by atoms with Crippen LogP contribution in [-0.4, -0.2) is 25.1 Å². The van der Waals surface area contributed by atoms with Crippen molar-refractivity contribution in [2.75, 3.05) is 11.3 Å². The minimum Gasteiger partial charge on any atom is -0.448 e. The summed E-state index contributed by atoms with van der Waals surface area (Å²) < 4.78 is 63.0. The zero-order chi connectivity index (χ0) is 13.7. The van der Waals surface area contributed by atoms with Crippen molar-refractivity contribution in [3.63, 3.8) is 0 Å². The number of rotatable bonds is 2. The van der Waals surface area contributed by atoms with E-state index in [0.717, 1.165) is 0 Å². The number of benzene rings is 1. The van der Waals surface area contributed by atoms with Crippen LogP contribution in [0.1, 0.15) is 10.4 Å². The molecule has 1 aliphatic rings. The number of hydrogen-bond donors (Lipinski definition) is 0. The van der Waals surface area contributed by atoms with Crippen molar-refractivity contribution in [3.8, 4) is 0 Å². The molecule has 0 aliphatic carbocycles. The Morgan fingerprint density at radius 3 is 2.21 bits per heavy atom. The van der Waals surface area contributed by atoms with Crippen molar-refractivity contribution in [2.24, 2.45) is 0 Å². The second-order valence-corrected chi connectivity index (χ2v) is 3.74. The number of fused-ring (bicyclic) bond motifs is 1. The van der Waals surface area contributed by atoms with Crippen LogP contribution in [0.2, 0.25) is 0 Å². The van der Waals surface area contributed by atoms with Gasteiger partial charge < -0.3 is 17.8 Å². The molecule has 1 aromatic rings. The molecule has 0 unspecified atom stereocenters. The average Bonchev–Trinajstić information content (AvgIpc) is 2.41. The molecule has 19 heavy (non-hydrogen) atoms. The first-order valence-electron chi connectivity index (χ1n) is 4.77. The largest absolute Gasteiger partial charge is 1.00 e. The van der Waals surface area contributed by atoms with Gasteiger partial charge in [-0.05, 0) is 12.5 Å². The van der Waals surface area contributed by atoms with E-state index in [9.17, 15) is 31.3 Å². The van der Waals surface area contributed by atoms with E-state index in [2.05, 4.69) is 0 Å². The molecule has 0 atom stereocenters. The van der Waals surface area contributed by atoms with E-state index in [1.807, 2.05) is 0 Å². The van der Waals surface area contributed by atoms with Gasteiger partial charge in [0, 0.05) is 6.07 Å². The first kappa shape index (κ1) is 16.8. The Balaban J connectivity index is 0.00000180. The zero-order valence-electron chi connectivity index (χ0n) is 9.59. The molecule has 1 heterocycles. The second kappa shape index (κ2) is 5.60. The third kappa shape index (κ3) is 3.24. The van der Waals surface area contributed by atoms with Crippen LogP contribution < -0.4 is 56.3 Å². The molecule has 96 valence electrons. The van der Waals surface area contributed by atoms with Crippen molar-refractivity contribution in [2.45, 2.75) is 0 Å². The molecule has 1 aromatic carbocycles. The van der Waals surface area contributed by atoms with Gasteiger partial charge >= 0.3 is 58.4 Å². The molecule has 3 nitrogen and oxygen atoms in total. The zero-order valence-corrected chi connectivity index (χ0v) is 12.7. The number of anilines is 1. The summed E-state index contributed by atoms with van der Waals surface area (Å²) in [7, 11) is 0. The third-order valence-electron chi connectivity index (χ3n) is 2.38. The molecular formula is C9H4BF5KNO2. The van der Waals surface area contributed by atoms with Crippen molar-refractivity contribution in [1.29, 1.82) is 0 Å². The minimum atomic E-state index is -5.41. The summed E-state index contributed by atoms with van der Waals surface area (Å²) >= 11 is 0. The summed E-state index contributed by atoms with van der Waals surface area (Å²) in [6.07, 6.45) is -1.71. The summed E-state index contributed by atoms with van der Waals surface area (Å²) in [4.78, 5) is 22.7. The first-order chi connectivity index (χ1) is 8.20. The topological polar surface area (TPSA) is 37.4 Å². The predicted molar refractivity (Wildman–Crippen MR) is 52.1 cm³/mol. The third-order valence-corrected chi connectivity index (χ3v) is 2.38. The quantitative estimate of drug-likeness (QED) is 0.394. The van der Waals surface area contributed by atoms with Gasteiger partial charge in [0.15, 0.2) is 0 Å². The number of carbonyl (C=O) groups excluding carboxylic acids is 2. The van der Waals surface area contributed by atoms with Crippen molar-refractivity contribution >= 4 is 24.4 Å². The molecule has 0 fully saturated rings. The van der Waals surface area contributed by atoms with Crippen molar-refractivity contribution in [1.82, 2.24) is 0 Å². The maximum Gasteiger partial charge on any atom is 1.00 e. The van der Waals surface area contributed by atoms with E-state index in [-0.39, 0.29) is 56.3 Å².